The van der Waals surface area contributed by atoms with Crippen molar-refractivity contribution >= 4 is 29.3 Å². The minimum absolute atomic E-state index is 0.0295. The van der Waals surface area contributed by atoms with Crippen LogP contribution in [0.1, 0.15) is 55.3 Å². The van der Waals surface area contributed by atoms with Gasteiger partial charge in [-0.1, -0.05) is 24.4 Å². The molecule has 148 valence electrons. The number of rotatable bonds is 5. The standard InChI is InChI=1S/C21H29ClN2O2S/c22-19-13-15(21(25)23-16-3-1-2-4-16)5-6-20(19)26-18-7-10-24(11-8-18)17-9-12-27-14-17/h5-6,13,16-18H,1-4,7-12,14H2,(H,23,25)/t17-/m0/s1. The van der Waals surface area contributed by atoms with Crippen LogP contribution in [0.25, 0.3) is 0 Å². The molecule has 2 heterocycles. The number of nitrogens with one attached hydrogen (secondary N) is 1. The molecular weight excluding hydrogens is 380 g/mol. The quantitative estimate of drug-likeness (QED) is 0.785. The van der Waals surface area contributed by atoms with E-state index in [9.17, 15) is 4.79 Å². The summed E-state index contributed by atoms with van der Waals surface area (Å²) >= 11 is 8.49. The van der Waals surface area contributed by atoms with Gasteiger partial charge in [0.15, 0.2) is 0 Å². The second-order valence-corrected chi connectivity index (χ2v) is 9.53. The van der Waals surface area contributed by atoms with Gasteiger partial charge in [0.1, 0.15) is 11.9 Å². The van der Waals surface area contributed by atoms with Gasteiger partial charge in [-0.3, -0.25) is 9.69 Å². The van der Waals surface area contributed by atoms with Crippen LogP contribution in [0.15, 0.2) is 18.2 Å². The van der Waals surface area contributed by atoms with Crippen molar-refractivity contribution in [3.05, 3.63) is 28.8 Å². The number of halogens is 1. The monoisotopic (exact) mass is 408 g/mol. The Kier molecular flexibility index (Phi) is 6.51. The summed E-state index contributed by atoms with van der Waals surface area (Å²) in [5, 5.41) is 3.64. The Labute approximate surface area is 171 Å². The lowest BCUT2D eigenvalue weighted by molar-refractivity contribution is 0.0817. The average molecular weight is 409 g/mol. The van der Waals surface area contributed by atoms with Gasteiger partial charge in [-0.05, 0) is 56.1 Å². The highest BCUT2D eigenvalue weighted by Crippen LogP contribution is 2.30. The molecular formula is C21H29ClN2O2S. The van der Waals surface area contributed by atoms with E-state index in [-0.39, 0.29) is 12.0 Å². The number of nitrogens with zero attached hydrogens (tertiary/aromatic N) is 1. The first-order valence-corrected chi connectivity index (χ1v) is 11.8. The van der Waals surface area contributed by atoms with Gasteiger partial charge in [0.25, 0.3) is 5.91 Å². The Hall–Kier alpha value is -0.910. The minimum atomic E-state index is -0.0295. The summed E-state index contributed by atoms with van der Waals surface area (Å²) in [6, 6.07) is 6.50. The van der Waals surface area contributed by atoms with E-state index in [1.807, 2.05) is 12.1 Å². The van der Waals surface area contributed by atoms with Crippen molar-refractivity contribution in [1.29, 1.82) is 0 Å². The average Bonchev–Trinajstić information content (AvgIpc) is 3.38. The number of benzene rings is 1. The number of likely N-dealkylation sites (tertiary alicyclic amines) is 1. The van der Waals surface area contributed by atoms with Gasteiger partial charge in [-0.15, -0.1) is 0 Å². The second-order valence-electron chi connectivity index (χ2n) is 7.97. The fourth-order valence-corrected chi connectivity index (χ4v) is 5.90. The molecule has 6 heteroatoms. The molecule has 2 aliphatic heterocycles. The number of piperidine rings is 1. The third-order valence-corrected chi connectivity index (χ3v) is 7.52. The van der Waals surface area contributed by atoms with E-state index in [1.165, 1.54) is 30.8 Å². The van der Waals surface area contributed by atoms with E-state index in [0.29, 0.717) is 22.4 Å². The summed E-state index contributed by atoms with van der Waals surface area (Å²) in [5.41, 5.74) is 0.618. The lowest BCUT2D eigenvalue weighted by Gasteiger charge is -2.35. The van der Waals surface area contributed by atoms with Crippen molar-refractivity contribution in [1.82, 2.24) is 10.2 Å². The van der Waals surface area contributed by atoms with Crippen LogP contribution in [0.2, 0.25) is 5.02 Å². The van der Waals surface area contributed by atoms with E-state index in [4.69, 9.17) is 16.3 Å². The van der Waals surface area contributed by atoms with Gasteiger partial charge in [0, 0.05) is 36.5 Å². The highest BCUT2D eigenvalue weighted by molar-refractivity contribution is 7.99. The molecule has 27 heavy (non-hydrogen) atoms. The van der Waals surface area contributed by atoms with Gasteiger partial charge in [-0.2, -0.15) is 11.8 Å². The Balaban J connectivity index is 1.29. The Morgan fingerprint density at radius 2 is 1.93 bits per heavy atom. The van der Waals surface area contributed by atoms with Crippen molar-refractivity contribution < 1.29 is 9.53 Å². The van der Waals surface area contributed by atoms with Crippen molar-refractivity contribution in [2.75, 3.05) is 24.6 Å². The van der Waals surface area contributed by atoms with E-state index in [0.717, 1.165) is 44.8 Å². The first kappa shape index (κ1) is 19.4. The lowest BCUT2D eigenvalue weighted by atomic mass is 10.0. The fraction of sp³-hybridized carbons (Fsp3) is 0.667. The van der Waals surface area contributed by atoms with Gasteiger partial charge in [-0.25, -0.2) is 0 Å². The fourth-order valence-electron chi connectivity index (χ4n) is 4.42. The number of ether oxygens (including phenoxy) is 1. The van der Waals surface area contributed by atoms with E-state index < -0.39 is 0 Å². The highest BCUT2D eigenvalue weighted by atomic mass is 35.5. The highest BCUT2D eigenvalue weighted by Gasteiger charge is 2.28. The molecule has 1 atom stereocenters. The van der Waals surface area contributed by atoms with Crippen molar-refractivity contribution in [3.8, 4) is 5.75 Å². The maximum absolute atomic E-state index is 12.4. The zero-order chi connectivity index (χ0) is 18.6. The third-order valence-electron chi connectivity index (χ3n) is 6.08. The molecule has 1 saturated carbocycles. The van der Waals surface area contributed by atoms with E-state index in [1.54, 1.807) is 6.07 Å². The molecule has 3 fully saturated rings. The molecule has 0 unspecified atom stereocenters. The molecule has 0 aromatic heterocycles. The Morgan fingerprint density at radius 1 is 1.15 bits per heavy atom. The molecule has 1 aromatic rings. The summed E-state index contributed by atoms with van der Waals surface area (Å²) in [7, 11) is 0. The zero-order valence-electron chi connectivity index (χ0n) is 15.8. The number of thioether (sulfide) groups is 1. The van der Waals surface area contributed by atoms with Crippen LogP contribution < -0.4 is 10.1 Å². The first-order chi connectivity index (χ1) is 13.2. The van der Waals surface area contributed by atoms with E-state index in [2.05, 4.69) is 22.0 Å². The summed E-state index contributed by atoms with van der Waals surface area (Å²) in [5.74, 6) is 3.25. The van der Waals surface area contributed by atoms with E-state index >= 15 is 0 Å². The lowest BCUT2D eigenvalue weighted by Crippen LogP contribution is -2.44. The molecule has 0 radical (unpaired) electrons. The normalized spacial score (nSPS) is 25.0. The molecule has 4 nitrogen and oxygen atoms in total. The number of carbonyl (C=O) groups is 1. The SMILES string of the molecule is O=C(NC1CCCC1)c1ccc(OC2CCN([C@H]3CCSC3)CC2)c(Cl)c1. The van der Waals surface area contributed by atoms with Crippen LogP contribution in [-0.4, -0.2) is 53.6 Å². The summed E-state index contributed by atoms with van der Waals surface area (Å²) in [6.45, 7) is 2.21. The molecule has 2 saturated heterocycles. The Morgan fingerprint density at radius 3 is 2.59 bits per heavy atom. The van der Waals surface area contributed by atoms with Crippen LogP contribution in [0.5, 0.6) is 5.75 Å². The molecule has 1 amide bonds. The largest absolute Gasteiger partial charge is 0.489 e. The van der Waals surface area contributed by atoms with Crippen LogP contribution in [0.3, 0.4) is 0 Å². The molecule has 1 aromatic carbocycles. The molecule has 3 aliphatic rings. The van der Waals surface area contributed by atoms with Gasteiger partial charge < -0.3 is 10.1 Å². The van der Waals surface area contributed by atoms with Gasteiger partial charge in [0.2, 0.25) is 0 Å². The second kappa shape index (κ2) is 9.06. The van der Waals surface area contributed by atoms with Crippen LogP contribution in [-0.2, 0) is 0 Å². The third kappa shape index (κ3) is 4.93. The topological polar surface area (TPSA) is 41.6 Å². The van der Waals surface area contributed by atoms with Gasteiger partial charge >= 0.3 is 0 Å². The molecule has 1 aliphatic carbocycles. The maximum atomic E-state index is 12.4. The zero-order valence-corrected chi connectivity index (χ0v) is 17.4. The molecule has 4 rings (SSSR count). The summed E-state index contributed by atoms with van der Waals surface area (Å²) < 4.78 is 6.17. The molecule has 1 N–H and O–H groups in total. The van der Waals surface area contributed by atoms with Crippen LogP contribution in [0.4, 0.5) is 0 Å². The predicted octanol–water partition coefficient (Wildman–Crippen LogP) is 4.36. The minimum Gasteiger partial charge on any atom is -0.489 e. The number of carbonyl (C=O) groups excluding carboxylic acids is 1. The number of hydrogen-bond acceptors (Lipinski definition) is 4. The smallest absolute Gasteiger partial charge is 0.251 e. The number of hydrogen-bond donors (Lipinski definition) is 1. The van der Waals surface area contributed by atoms with Crippen LogP contribution >= 0.6 is 23.4 Å². The Bertz CT molecular complexity index is 652. The van der Waals surface area contributed by atoms with Crippen molar-refractivity contribution in [2.24, 2.45) is 0 Å². The van der Waals surface area contributed by atoms with Crippen molar-refractivity contribution in [2.45, 2.75) is 63.1 Å². The summed E-state index contributed by atoms with van der Waals surface area (Å²) in [4.78, 5) is 15.0. The molecule has 0 spiro atoms. The summed E-state index contributed by atoms with van der Waals surface area (Å²) in [6.07, 6.45) is 8.20. The first-order valence-electron chi connectivity index (χ1n) is 10.3. The van der Waals surface area contributed by atoms with Crippen molar-refractivity contribution in [3.63, 3.8) is 0 Å². The molecule has 0 bridgehead atoms. The van der Waals surface area contributed by atoms with Gasteiger partial charge in [0.05, 0.1) is 5.02 Å². The predicted molar refractivity (Wildman–Crippen MR) is 112 cm³/mol. The number of amides is 1. The maximum Gasteiger partial charge on any atom is 0.251 e. The van der Waals surface area contributed by atoms with Crippen LogP contribution in [0, 0.1) is 0 Å².